The minimum atomic E-state index is -0.750. The quantitative estimate of drug-likeness (QED) is 0.825. The molecule has 0 spiro atoms. The summed E-state index contributed by atoms with van der Waals surface area (Å²) in [6.07, 6.45) is 6.29. The zero-order valence-corrected chi connectivity index (χ0v) is 11.0. The summed E-state index contributed by atoms with van der Waals surface area (Å²) in [6.45, 7) is 4.04. The van der Waals surface area contributed by atoms with Crippen molar-refractivity contribution >= 4 is 11.6 Å². The highest BCUT2D eigenvalue weighted by molar-refractivity contribution is 7.51. The van der Waals surface area contributed by atoms with Crippen LogP contribution >= 0.6 is 0 Å². The molecule has 0 aliphatic heterocycles. The topological polar surface area (TPSA) is 72.8 Å². The van der Waals surface area contributed by atoms with Gasteiger partial charge in [-0.3, -0.25) is 15.0 Å². The van der Waals surface area contributed by atoms with E-state index in [0.717, 1.165) is 23.5 Å². The van der Waals surface area contributed by atoms with Crippen LogP contribution in [0.25, 0.3) is 11.4 Å². The number of aromatic nitrogens is 3. The molecule has 5 nitrogen and oxygen atoms in total. The molecule has 0 saturated carbocycles. The zero-order valence-electron chi connectivity index (χ0n) is 10.2. The fraction of sp³-hybridized carbons (Fsp3) is 0.250. The molecule has 0 aliphatic carbocycles. The van der Waals surface area contributed by atoms with Crippen LogP contribution in [0.4, 0.5) is 0 Å². The van der Waals surface area contributed by atoms with E-state index in [2.05, 4.69) is 27.9 Å². The highest BCUT2D eigenvalue weighted by atomic mass is 32.1. The number of rotatable bonds is 2. The third kappa shape index (κ3) is 3.81. The Morgan fingerprint density at radius 2 is 1.89 bits per heavy atom. The molecular weight excluding hydrogens is 250 g/mol. The van der Waals surface area contributed by atoms with E-state index >= 15 is 0 Å². The lowest BCUT2D eigenvalue weighted by Gasteiger charge is -2.04. The lowest BCUT2D eigenvalue weighted by Crippen LogP contribution is -1.94. The van der Waals surface area contributed by atoms with Gasteiger partial charge in [0.2, 0.25) is 0 Å². The monoisotopic (exact) mass is 263 g/mol. The summed E-state index contributed by atoms with van der Waals surface area (Å²) in [4.78, 5) is 12.9. The number of hydrogen-bond acceptors (Lipinski definition) is 5. The van der Waals surface area contributed by atoms with Crippen LogP contribution < -0.4 is 0 Å². The molecule has 0 unspecified atom stereocenters. The molecule has 0 radical (unpaired) electrons. The van der Waals surface area contributed by atoms with Gasteiger partial charge in [0, 0.05) is 12.4 Å². The maximum Gasteiger partial charge on any atom is 0.335 e. The number of nitrogens with zero attached hydrogens (tertiary/aromatic N) is 3. The Hall–Kier alpha value is -1.95. The molecule has 0 aromatic carbocycles. The number of aryl methyl sites for hydroxylation is 2. The summed E-state index contributed by atoms with van der Waals surface area (Å²) in [5.41, 5.74) is 3.91. The Morgan fingerprint density at radius 1 is 1.17 bits per heavy atom. The van der Waals surface area contributed by atoms with E-state index in [-0.39, 0.29) is 0 Å². The summed E-state index contributed by atoms with van der Waals surface area (Å²) >= 11 is -0.750. The van der Waals surface area contributed by atoms with Crippen molar-refractivity contribution in [1.82, 2.24) is 15.0 Å². The van der Waals surface area contributed by atoms with Crippen molar-refractivity contribution in [2.75, 3.05) is 0 Å². The third-order valence-electron chi connectivity index (χ3n) is 2.30. The average molecular weight is 263 g/mol. The van der Waals surface area contributed by atoms with Gasteiger partial charge in [-0.15, -0.1) is 0 Å². The average Bonchev–Trinajstić information content (AvgIpc) is 2.40. The van der Waals surface area contributed by atoms with E-state index in [9.17, 15) is 0 Å². The molecule has 0 bridgehead atoms. The van der Waals surface area contributed by atoms with Gasteiger partial charge >= 0.3 is 11.6 Å². The second-order valence-corrected chi connectivity index (χ2v) is 3.61. The summed E-state index contributed by atoms with van der Waals surface area (Å²) in [6, 6.07) is 4.02. The Bertz CT molecular complexity index is 537. The Kier molecular flexibility index (Phi) is 5.79. The van der Waals surface area contributed by atoms with Crippen LogP contribution in [0, 0.1) is 6.92 Å². The smallest absolute Gasteiger partial charge is 0.258 e. The second kappa shape index (κ2) is 7.39. The van der Waals surface area contributed by atoms with Gasteiger partial charge in [0.15, 0.2) is 0 Å². The van der Waals surface area contributed by atoms with Crippen LogP contribution in [-0.2, 0) is 18.0 Å². The number of pyridine rings is 1. The summed E-state index contributed by atoms with van der Waals surface area (Å²) < 4.78 is 16.6. The van der Waals surface area contributed by atoms with E-state index in [1.807, 2.05) is 13.0 Å². The fourth-order valence-corrected chi connectivity index (χ4v) is 1.47. The van der Waals surface area contributed by atoms with Gasteiger partial charge in [0.05, 0.1) is 17.6 Å². The predicted octanol–water partition coefficient (Wildman–Crippen LogP) is 1.74. The first-order valence-electron chi connectivity index (χ1n) is 5.37. The molecule has 2 aromatic heterocycles. The van der Waals surface area contributed by atoms with Gasteiger partial charge < -0.3 is 0 Å². The van der Waals surface area contributed by atoms with Crippen LogP contribution in [0.1, 0.15) is 18.2 Å². The normalized spacial score (nSPS) is 9.22. The minimum absolute atomic E-state index is 0.750. The molecule has 94 valence electrons. The maximum atomic E-state index is 8.29. The van der Waals surface area contributed by atoms with Crippen LogP contribution in [0.5, 0.6) is 0 Å². The van der Waals surface area contributed by atoms with Crippen LogP contribution in [0.3, 0.4) is 0 Å². The van der Waals surface area contributed by atoms with Crippen LogP contribution in [0.15, 0.2) is 30.7 Å². The highest BCUT2D eigenvalue weighted by Gasteiger charge is 2.05. The minimum Gasteiger partial charge on any atom is -0.258 e. The van der Waals surface area contributed by atoms with Crippen molar-refractivity contribution in [3.8, 4) is 11.4 Å². The summed E-state index contributed by atoms with van der Waals surface area (Å²) in [5, 5.41) is 0. The fourth-order valence-electron chi connectivity index (χ4n) is 1.47. The molecule has 0 atom stereocenters. The summed E-state index contributed by atoms with van der Waals surface area (Å²) in [5.74, 6) is 0. The van der Waals surface area contributed by atoms with Crippen molar-refractivity contribution < 1.29 is 8.42 Å². The Morgan fingerprint density at radius 3 is 2.44 bits per heavy atom. The van der Waals surface area contributed by atoms with E-state index in [1.54, 1.807) is 18.6 Å². The van der Waals surface area contributed by atoms with Crippen molar-refractivity contribution in [1.29, 1.82) is 0 Å². The lowest BCUT2D eigenvalue weighted by atomic mass is 10.1. The van der Waals surface area contributed by atoms with Crippen molar-refractivity contribution in [2.24, 2.45) is 0 Å². The molecule has 2 aromatic rings. The first-order valence-corrected chi connectivity index (χ1v) is 6.04. The zero-order chi connectivity index (χ0) is 13.4. The first kappa shape index (κ1) is 14.1. The molecule has 0 aliphatic rings. The molecule has 0 amide bonds. The molecular formula is C12H13N3O2S. The lowest BCUT2D eigenvalue weighted by molar-refractivity contribution is 0.630. The van der Waals surface area contributed by atoms with Crippen molar-refractivity contribution in [3.63, 3.8) is 0 Å². The molecule has 0 saturated heterocycles. The molecule has 6 heteroatoms. The van der Waals surface area contributed by atoms with Gasteiger partial charge in [0.1, 0.15) is 5.69 Å². The molecule has 0 fully saturated rings. The highest BCUT2D eigenvalue weighted by Crippen LogP contribution is 2.18. The van der Waals surface area contributed by atoms with E-state index < -0.39 is 11.6 Å². The van der Waals surface area contributed by atoms with Crippen molar-refractivity contribution in [2.45, 2.75) is 20.3 Å². The standard InChI is InChI=1S/C12H13N3.O2S/c1-3-10-5-4-6-13-12(10)11-8-14-9(2)7-15-11;1-3-2/h4-8H,3H2,1-2H3;. The largest absolute Gasteiger partial charge is 0.335 e. The Balaban J connectivity index is 0.000000492. The summed E-state index contributed by atoms with van der Waals surface area (Å²) in [7, 11) is 0. The molecule has 2 rings (SSSR count). The predicted molar refractivity (Wildman–Crippen MR) is 68.3 cm³/mol. The van der Waals surface area contributed by atoms with Gasteiger partial charge in [0.25, 0.3) is 0 Å². The molecule has 18 heavy (non-hydrogen) atoms. The maximum absolute atomic E-state index is 8.29. The molecule has 0 N–H and O–H groups in total. The second-order valence-electron chi connectivity index (χ2n) is 3.48. The molecule has 2 heterocycles. The van der Waals surface area contributed by atoms with Gasteiger partial charge in [-0.25, -0.2) is 0 Å². The van der Waals surface area contributed by atoms with E-state index in [0.29, 0.717) is 0 Å². The number of hydrogen-bond donors (Lipinski definition) is 0. The van der Waals surface area contributed by atoms with Crippen LogP contribution in [0.2, 0.25) is 0 Å². The van der Waals surface area contributed by atoms with Crippen LogP contribution in [-0.4, -0.2) is 23.4 Å². The van der Waals surface area contributed by atoms with E-state index in [1.165, 1.54) is 5.56 Å². The van der Waals surface area contributed by atoms with Gasteiger partial charge in [-0.2, -0.15) is 8.42 Å². The van der Waals surface area contributed by atoms with E-state index in [4.69, 9.17) is 8.42 Å². The van der Waals surface area contributed by atoms with Gasteiger partial charge in [-0.05, 0) is 25.0 Å². The third-order valence-corrected chi connectivity index (χ3v) is 2.30. The van der Waals surface area contributed by atoms with Crippen molar-refractivity contribution in [3.05, 3.63) is 42.0 Å². The first-order chi connectivity index (χ1) is 8.72. The van der Waals surface area contributed by atoms with Gasteiger partial charge in [-0.1, -0.05) is 13.0 Å². The SMILES string of the molecule is CCc1cccnc1-c1cnc(C)cn1.O=S=O. The Labute approximate surface area is 109 Å².